The number of nitrogens with one attached hydrogen (secondary N) is 1. The third-order valence-electron chi connectivity index (χ3n) is 14.4. The molecule has 1 spiro atoms. The summed E-state index contributed by atoms with van der Waals surface area (Å²) in [5.41, 5.74) is 7.26. The number of aromatic nitrogens is 3. The summed E-state index contributed by atoms with van der Waals surface area (Å²) in [4.78, 5) is 56.4. The number of hydrogen-bond acceptors (Lipinski definition) is 10. The Hall–Kier alpha value is -5.63. The van der Waals surface area contributed by atoms with Gasteiger partial charge in [0.25, 0.3) is 11.8 Å². The zero-order valence-electron chi connectivity index (χ0n) is 34.2. The van der Waals surface area contributed by atoms with E-state index in [2.05, 4.69) is 85.6 Å². The average molecular weight is 807 g/mol. The number of ether oxygens (including phenoxy) is 2. The zero-order chi connectivity index (χ0) is 40.9. The second kappa shape index (κ2) is 14.2. The van der Waals surface area contributed by atoms with Crippen molar-refractivity contribution in [3.8, 4) is 17.0 Å². The summed E-state index contributed by atoms with van der Waals surface area (Å²) in [7, 11) is 4.40. The highest BCUT2D eigenvalue weighted by Crippen LogP contribution is 2.51. The molecule has 0 bridgehead atoms. The molecule has 2 aliphatic carbocycles. The molecule has 3 amide bonds. The van der Waals surface area contributed by atoms with Gasteiger partial charge in [-0.25, -0.2) is 4.98 Å². The van der Waals surface area contributed by atoms with Crippen LogP contribution in [0.3, 0.4) is 0 Å². The summed E-state index contributed by atoms with van der Waals surface area (Å²) in [5, 5.41) is 5.06. The average Bonchev–Trinajstić information content (AvgIpc) is 3.61. The van der Waals surface area contributed by atoms with E-state index in [4.69, 9.17) is 9.47 Å². The van der Waals surface area contributed by atoms with E-state index in [0.717, 1.165) is 67.3 Å². The first-order valence-corrected chi connectivity index (χ1v) is 21.4. The van der Waals surface area contributed by atoms with Gasteiger partial charge < -0.3 is 29.2 Å². The Balaban J connectivity index is 0.584. The summed E-state index contributed by atoms with van der Waals surface area (Å²) in [6.07, 6.45) is 11.6. The van der Waals surface area contributed by atoms with E-state index < -0.39 is 17.9 Å². The van der Waals surface area contributed by atoms with Crippen LogP contribution in [-0.2, 0) is 16.6 Å². The number of amides is 3. The van der Waals surface area contributed by atoms with Gasteiger partial charge in [-0.3, -0.25) is 29.2 Å². The van der Waals surface area contributed by atoms with Crippen LogP contribution in [0.25, 0.3) is 32.9 Å². The number of benzene rings is 2. The van der Waals surface area contributed by atoms with Gasteiger partial charge in [-0.2, -0.15) is 0 Å². The zero-order valence-corrected chi connectivity index (χ0v) is 34.2. The molecule has 11 rings (SSSR count). The van der Waals surface area contributed by atoms with E-state index in [1.165, 1.54) is 34.6 Å². The third kappa shape index (κ3) is 6.28. The molecule has 6 aliphatic rings. The number of allylic oxidation sites excluding steroid dienone is 1. The fraction of sp³-hybridized carbons (Fsp3) is 0.426. The van der Waals surface area contributed by atoms with Crippen LogP contribution in [-0.4, -0.2) is 124 Å². The molecule has 1 atom stereocenters. The maximum atomic E-state index is 13.3. The first-order valence-electron chi connectivity index (χ1n) is 21.4. The van der Waals surface area contributed by atoms with Crippen molar-refractivity contribution in [3.63, 3.8) is 0 Å². The lowest BCUT2D eigenvalue weighted by molar-refractivity contribution is -0.129. The van der Waals surface area contributed by atoms with Crippen LogP contribution in [0.1, 0.15) is 59.2 Å². The van der Waals surface area contributed by atoms with Crippen LogP contribution >= 0.6 is 0 Å². The van der Waals surface area contributed by atoms with Gasteiger partial charge in [0.1, 0.15) is 12.1 Å². The largest absolute Gasteiger partial charge is 0.474 e. The number of carbonyl (C=O) groups excluding carboxylic acids is 3. The highest BCUT2D eigenvalue weighted by molar-refractivity contribution is 6.23. The molecule has 5 aromatic rings. The van der Waals surface area contributed by atoms with Crippen LogP contribution < -0.4 is 15.0 Å². The summed E-state index contributed by atoms with van der Waals surface area (Å²) in [5.74, 6) is -0.469. The van der Waals surface area contributed by atoms with Gasteiger partial charge in [0.05, 0.1) is 29.4 Å². The Morgan fingerprint density at radius 2 is 1.68 bits per heavy atom. The second-order valence-corrected chi connectivity index (χ2v) is 18.1. The molecule has 13 heteroatoms. The maximum absolute atomic E-state index is 13.3. The number of likely N-dealkylation sites (tertiary alicyclic amines) is 1. The van der Waals surface area contributed by atoms with Crippen molar-refractivity contribution in [2.75, 3.05) is 51.3 Å². The molecule has 2 saturated carbocycles. The van der Waals surface area contributed by atoms with Gasteiger partial charge in [0.15, 0.2) is 0 Å². The van der Waals surface area contributed by atoms with Gasteiger partial charge >= 0.3 is 0 Å². The first kappa shape index (κ1) is 37.4. The van der Waals surface area contributed by atoms with E-state index >= 15 is 0 Å². The normalized spacial score (nSPS) is 24.1. The van der Waals surface area contributed by atoms with Crippen LogP contribution in [0.2, 0.25) is 0 Å². The second-order valence-electron chi connectivity index (χ2n) is 18.1. The van der Waals surface area contributed by atoms with Crippen LogP contribution in [0.5, 0.6) is 5.88 Å². The Labute approximate surface area is 348 Å². The summed E-state index contributed by atoms with van der Waals surface area (Å²) in [6, 6.07) is 18.5. The quantitative estimate of drug-likeness (QED) is 0.174. The van der Waals surface area contributed by atoms with E-state index in [0.29, 0.717) is 59.7 Å². The number of pyridine rings is 2. The number of hydrogen-bond donors (Lipinski definition) is 1. The number of rotatable bonds is 11. The predicted molar refractivity (Wildman–Crippen MR) is 228 cm³/mol. The van der Waals surface area contributed by atoms with E-state index in [1.807, 2.05) is 30.7 Å². The molecule has 3 aromatic heterocycles. The summed E-state index contributed by atoms with van der Waals surface area (Å²) in [6.45, 7) is 9.24. The highest BCUT2D eigenvalue weighted by Gasteiger charge is 2.54. The number of fused-ring (bicyclic) bond motifs is 4. The lowest BCUT2D eigenvalue weighted by Gasteiger charge is -2.62. The lowest BCUT2D eigenvalue weighted by atomic mass is 9.60. The van der Waals surface area contributed by atoms with E-state index in [9.17, 15) is 14.4 Å². The Morgan fingerprint density at radius 3 is 2.47 bits per heavy atom. The number of carbonyl (C=O) groups is 3. The van der Waals surface area contributed by atoms with Crippen molar-refractivity contribution < 1.29 is 23.9 Å². The van der Waals surface area contributed by atoms with Crippen molar-refractivity contribution >= 4 is 45.2 Å². The Bertz CT molecular complexity index is 2560. The molecule has 1 unspecified atom stereocenters. The van der Waals surface area contributed by atoms with E-state index in [-0.39, 0.29) is 18.1 Å². The Morgan fingerprint density at radius 1 is 0.883 bits per heavy atom. The molecule has 5 fully saturated rings. The molecular formula is C47H50N8O5. The van der Waals surface area contributed by atoms with Crippen molar-refractivity contribution in [1.29, 1.82) is 0 Å². The first-order chi connectivity index (χ1) is 29.1. The predicted octanol–water partition coefficient (Wildman–Crippen LogP) is 5.39. The molecular weight excluding hydrogens is 757 g/mol. The number of imide groups is 1. The van der Waals surface area contributed by atoms with Crippen molar-refractivity contribution in [2.24, 2.45) is 12.5 Å². The highest BCUT2D eigenvalue weighted by atomic mass is 16.5. The van der Waals surface area contributed by atoms with Crippen LogP contribution in [0.4, 0.5) is 5.69 Å². The Kier molecular flexibility index (Phi) is 8.87. The molecule has 3 saturated heterocycles. The summed E-state index contributed by atoms with van der Waals surface area (Å²) >= 11 is 0. The van der Waals surface area contributed by atoms with Gasteiger partial charge in [0, 0.05) is 123 Å². The molecule has 13 nitrogen and oxygen atoms in total. The van der Waals surface area contributed by atoms with Crippen LogP contribution in [0, 0.1) is 5.41 Å². The minimum atomic E-state index is -0.804. The van der Waals surface area contributed by atoms with Gasteiger partial charge in [-0.1, -0.05) is 18.7 Å². The standard InChI is InChI=1S/C47H50N8O5/c1-28-4-10-41(44(56)50-28)55-45(57)37-9-7-31(19-38(37)46(55)58)54-24-35(25-54)59-15-14-53-26-47(27-53)20-33(21-47)51(2)32-17-34(18-32)60-43-11-6-30(22-49-43)29-5-8-36-39-23-48-13-12-40(39)52(3)42(36)16-29/h5-9,11-13,16,19,22-23,32-35,41H,1,4,10,14-15,17-18,20-21,24-27H2,2-3H3,(H,50,56). The minimum absolute atomic E-state index is 0.142. The molecule has 4 aliphatic heterocycles. The van der Waals surface area contributed by atoms with Crippen LogP contribution in [0.15, 0.2) is 85.5 Å². The topological polar surface area (TPSA) is 125 Å². The molecule has 2 aromatic carbocycles. The molecule has 308 valence electrons. The molecule has 1 N–H and O–H groups in total. The smallest absolute Gasteiger partial charge is 0.262 e. The van der Waals surface area contributed by atoms with E-state index in [1.54, 1.807) is 12.1 Å². The van der Waals surface area contributed by atoms with Gasteiger partial charge in [0.2, 0.25) is 11.8 Å². The summed E-state index contributed by atoms with van der Waals surface area (Å²) < 4.78 is 14.8. The monoisotopic (exact) mass is 806 g/mol. The molecule has 7 heterocycles. The fourth-order valence-corrected chi connectivity index (χ4v) is 10.7. The van der Waals surface area contributed by atoms with Crippen molar-refractivity contribution in [1.82, 2.24) is 34.6 Å². The third-order valence-corrected chi connectivity index (χ3v) is 14.4. The SMILES string of the molecule is C=C1CCC(N2C(=O)c3ccc(N4CC(OCCN5CC6(CC(N(C)C7CC(Oc8ccc(-c9ccc%10c%11cnccc%11n(C)c%10c9)cn8)C7)C6)C5)C4)cc3C2=O)C(=O)N1. The number of nitrogens with zero attached hydrogens (tertiary/aromatic N) is 7. The minimum Gasteiger partial charge on any atom is -0.474 e. The fourth-order valence-electron chi connectivity index (χ4n) is 10.7. The number of aryl methyl sites for hydroxylation is 1. The van der Waals surface area contributed by atoms with Gasteiger partial charge in [-0.15, -0.1) is 0 Å². The van der Waals surface area contributed by atoms with Gasteiger partial charge in [-0.05, 0) is 80.1 Å². The number of anilines is 1. The molecule has 60 heavy (non-hydrogen) atoms. The maximum Gasteiger partial charge on any atom is 0.262 e. The van der Waals surface area contributed by atoms with Crippen molar-refractivity contribution in [2.45, 2.75) is 68.9 Å². The molecule has 0 radical (unpaired) electrons. The lowest BCUT2D eigenvalue weighted by Crippen LogP contribution is -2.68. The van der Waals surface area contributed by atoms with Crippen molar-refractivity contribution in [3.05, 3.63) is 96.6 Å². The number of piperidine rings is 1.